The molecule has 6 nitrogen and oxygen atoms in total. The summed E-state index contributed by atoms with van der Waals surface area (Å²) in [6.07, 6.45) is -0.143. The summed E-state index contributed by atoms with van der Waals surface area (Å²) in [5, 5.41) is 2.56. The number of imide groups is 1. The fourth-order valence-electron chi connectivity index (χ4n) is 3.91. The molecular formula is C26H23F2N3O3. The molecule has 0 aromatic heterocycles. The van der Waals surface area contributed by atoms with Crippen molar-refractivity contribution >= 4 is 29.2 Å². The maximum absolute atomic E-state index is 14.1. The van der Waals surface area contributed by atoms with E-state index in [0.717, 1.165) is 16.5 Å². The van der Waals surface area contributed by atoms with Crippen molar-refractivity contribution in [3.8, 4) is 0 Å². The largest absolute Gasteiger partial charge is 0.332 e. The van der Waals surface area contributed by atoms with E-state index in [4.69, 9.17) is 0 Å². The van der Waals surface area contributed by atoms with Gasteiger partial charge in [0, 0.05) is 12.2 Å². The van der Waals surface area contributed by atoms with Crippen LogP contribution < -0.4 is 10.2 Å². The second kappa shape index (κ2) is 9.82. The van der Waals surface area contributed by atoms with Crippen LogP contribution in [-0.2, 0) is 16.0 Å². The molecule has 0 aliphatic carbocycles. The highest BCUT2D eigenvalue weighted by molar-refractivity contribution is 6.22. The predicted molar refractivity (Wildman–Crippen MR) is 124 cm³/mol. The van der Waals surface area contributed by atoms with Crippen LogP contribution >= 0.6 is 0 Å². The molecule has 174 valence electrons. The second-order valence-electron chi connectivity index (χ2n) is 8.11. The lowest BCUT2D eigenvalue weighted by Gasteiger charge is -2.21. The normalized spacial score (nSPS) is 15.7. The summed E-state index contributed by atoms with van der Waals surface area (Å²) in [4.78, 5) is 41.6. The third kappa shape index (κ3) is 4.96. The number of anilines is 2. The Morgan fingerprint density at radius 2 is 1.71 bits per heavy atom. The lowest BCUT2D eigenvalue weighted by atomic mass is 10.1. The summed E-state index contributed by atoms with van der Waals surface area (Å²) in [5.74, 6) is -2.01. The molecule has 3 aromatic carbocycles. The van der Waals surface area contributed by atoms with Gasteiger partial charge in [-0.05, 0) is 55.3 Å². The van der Waals surface area contributed by atoms with Crippen LogP contribution in [0, 0.1) is 18.6 Å². The minimum atomic E-state index is -1.07. The standard InChI is InChI=1S/C26H23F2N3O3/c1-17-9-11-21(12-10-17)31-25(33)23(16-24(32)29-20-7-4-6-19(27)15-20)30(26(31)34)14-13-18-5-2-3-8-22(18)28/h2-12,15,23H,13-14,16H2,1H3,(H,29,32)/t23-/m0/s1. The summed E-state index contributed by atoms with van der Waals surface area (Å²) in [5.41, 5.74) is 2.00. The average molecular weight is 463 g/mol. The van der Waals surface area contributed by atoms with E-state index in [2.05, 4.69) is 5.32 Å². The number of benzene rings is 3. The molecule has 4 amide bonds. The van der Waals surface area contributed by atoms with Gasteiger partial charge in [0.15, 0.2) is 0 Å². The number of hydrogen-bond donors (Lipinski definition) is 1. The fraction of sp³-hybridized carbons (Fsp3) is 0.192. The zero-order chi connectivity index (χ0) is 24.2. The van der Waals surface area contributed by atoms with Gasteiger partial charge in [0.05, 0.1) is 12.1 Å². The van der Waals surface area contributed by atoms with Crippen LogP contribution in [0.1, 0.15) is 17.5 Å². The van der Waals surface area contributed by atoms with Crippen molar-refractivity contribution in [2.45, 2.75) is 25.8 Å². The lowest BCUT2D eigenvalue weighted by Crippen LogP contribution is -2.39. The molecule has 34 heavy (non-hydrogen) atoms. The SMILES string of the molecule is Cc1ccc(N2C(=O)[C@H](CC(=O)Nc3cccc(F)c3)N(CCc3ccccc3F)C2=O)cc1. The van der Waals surface area contributed by atoms with Crippen LogP contribution in [0.5, 0.6) is 0 Å². The molecule has 1 atom stereocenters. The highest BCUT2D eigenvalue weighted by Crippen LogP contribution is 2.28. The monoisotopic (exact) mass is 463 g/mol. The number of aryl methyl sites for hydroxylation is 1. The molecule has 0 unspecified atom stereocenters. The van der Waals surface area contributed by atoms with Crippen molar-refractivity contribution in [3.05, 3.63) is 95.6 Å². The van der Waals surface area contributed by atoms with Crippen LogP contribution in [0.25, 0.3) is 0 Å². The first-order valence-corrected chi connectivity index (χ1v) is 10.8. The van der Waals surface area contributed by atoms with Gasteiger partial charge >= 0.3 is 6.03 Å². The van der Waals surface area contributed by atoms with Gasteiger partial charge in [-0.2, -0.15) is 0 Å². The summed E-state index contributed by atoms with van der Waals surface area (Å²) in [6, 6.07) is 16.8. The minimum absolute atomic E-state index is 0.0474. The van der Waals surface area contributed by atoms with Gasteiger partial charge in [0.2, 0.25) is 5.91 Å². The van der Waals surface area contributed by atoms with Crippen molar-refractivity contribution < 1.29 is 23.2 Å². The molecule has 1 aliphatic heterocycles. The van der Waals surface area contributed by atoms with E-state index >= 15 is 0 Å². The smallest absolute Gasteiger partial charge is 0.326 e. The van der Waals surface area contributed by atoms with Gasteiger partial charge in [-0.15, -0.1) is 0 Å². The number of nitrogens with one attached hydrogen (secondary N) is 1. The van der Waals surface area contributed by atoms with E-state index in [1.165, 1.54) is 29.2 Å². The minimum Gasteiger partial charge on any atom is -0.326 e. The van der Waals surface area contributed by atoms with E-state index in [9.17, 15) is 23.2 Å². The summed E-state index contributed by atoms with van der Waals surface area (Å²) in [7, 11) is 0. The molecule has 3 aromatic rings. The van der Waals surface area contributed by atoms with Crippen LogP contribution in [-0.4, -0.2) is 35.3 Å². The Morgan fingerprint density at radius 1 is 0.971 bits per heavy atom. The Morgan fingerprint density at radius 3 is 2.41 bits per heavy atom. The van der Waals surface area contributed by atoms with E-state index in [1.54, 1.807) is 42.5 Å². The third-order valence-electron chi connectivity index (χ3n) is 5.68. The number of urea groups is 1. The molecule has 1 saturated heterocycles. The number of nitrogens with zero attached hydrogens (tertiary/aromatic N) is 2. The Labute approximate surface area is 195 Å². The first-order valence-electron chi connectivity index (χ1n) is 10.8. The lowest BCUT2D eigenvalue weighted by molar-refractivity contribution is -0.124. The van der Waals surface area contributed by atoms with Crippen molar-refractivity contribution in [1.29, 1.82) is 0 Å². The molecule has 1 N–H and O–H groups in total. The second-order valence-corrected chi connectivity index (χ2v) is 8.11. The Bertz CT molecular complexity index is 1230. The molecule has 1 aliphatic rings. The van der Waals surface area contributed by atoms with Gasteiger partial charge in [-0.3, -0.25) is 9.59 Å². The molecule has 4 rings (SSSR count). The van der Waals surface area contributed by atoms with Gasteiger partial charge in [0.1, 0.15) is 17.7 Å². The zero-order valence-electron chi connectivity index (χ0n) is 18.5. The molecule has 1 heterocycles. The van der Waals surface area contributed by atoms with Crippen LogP contribution in [0.4, 0.5) is 25.0 Å². The third-order valence-corrected chi connectivity index (χ3v) is 5.68. The van der Waals surface area contributed by atoms with Crippen molar-refractivity contribution in [2.75, 3.05) is 16.8 Å². The molecule has 0 saturated carbocycles. The zero-order valence-corrected chi connectivity index (χ0v) is 18.5. The van der Waals surface area contributed by atoms with Gasteiger partial charge in [-0.1, -0.05) is 42.0 Å². The summed E-state index contributed by atoms with van der Waals surface area (Å²) >= 11 is 0. The number of amides is 4. The summed E-state index contributed by atoms with van der Waals surface area (Å²) < 4.78 is 27.6. The average Bonchev–Trinajstić information content (AvgIpc) is 3.03. The highest BCUT2D eigenvalue weighted by atomic mass is 19.1. The van der Waals surface area contributed by atoms with Crippen LogP contribution in [0.15, 0.2) is 72.8 Å². The van der Waals surface area contributed by atoms with Crippen molar-refractivity contribution in [2.24, 2.45) is 0 Å². The van der Waals surface area contributed by atoms with E-state index in [-0.39, 0.29) is 25.1 Å². The summed E-state index contributed by atoms with van der Waals surface area (Å²) in [6.45, 7) is 1.93. The number of rotatable bonds is 7. The predicted octanol–water partition coefficient (Wildman–Crippen LogP) is 4.68. The number of halogens is 2. The molecule has 0 bridgehead atoms. The Kier molecular flexibility index (Phi) is 6.67. The van der Waals surface area contributed by atoms with Gasteiger partial charge in [0.25, 0.3) is 5.91 Å². The van der Waals surface area contributed by atoms with Gasteiger partial charge in [-0.25, -0.2) is 18.5 Å². The fourth-order valence-corrected chi connectivity index (χ4v) is 3.91. The number of carbonyl (C=O) groups excluding carboxylic acids is 3. The topological polar surface area (TPSA) is 69.7 Å². The molecule has 0 radical (unpaired) electrons. The first-order chi connectivity index (χ1) is 16.3. The maximum atomic E-state index is 14.1. The number of carbonyl (C=O) groups is 3. The maximum Gasteiger partial charge on any atom is 0.332 e. The van der Waals surface area contributed by atoms with Crippen LogP contribution in [0.2, 0.25) is 0 Å². The van der Waals surface area contributed by atoms with Crippen LogP contribution in [0.3, 0.4) is 0 Å². The molecule has 0 spiro atoms. The van der Waals surface area contributed by atoms with E-state index < -0.39 is 35.5 Å². The van der Waals surface area contributed by atoms with E-state index in [0.29, 0.717) is 11.3 Å². The Balaban J connectivity index is 1.57. The quantitative estimate of drug-likeness (QED) is 0.517. The van der Waals surface area contributed by atoms with E-state index in [1.807, 2.05) is 6.92 Å². The highest BCUT2D eigenvalue weighted by Gasteiger charge is 2.46. The molecule has 1 fully saturated rings. The van der Waals surface area contributed by atoms with Crippen molar-refractivity contribution in [1.82, 2.24) is 4.90 Å². The Hall–Kier alpha value is -4.07. The first kappa shape index (κ1) is 23.1. The number of hydrogen-bond acceptors (Lipinski definition) is 3. The van der Waals surface area contributed by atoms with Crippen molar-refractivity contribution in [3.63, 3.8) is 0 Å². The van der Waals surface area contributed by atoms with Gasteiger partial charge < -0.3 is 10.2 Å². The molecular weight excluding hydrogens is 440 g/mol. The molecule has 8 heteroatoms.